The van der Waals surface area contributed by atoms with Crippen molar-refractivity contribution < 1.29 is 28.3 Å². The maximum absolute atomic E-state index is 11.0. The molecule has 0 aliphatic rings. The summed E-state index contributed by atoms with van der Waals surface area (Å²) in [5, 5.41) is 0. The molecule has 0 aromatic heterocycles. The van der Waals surface area contributed by atoms with Crippen LogP contribution in [0.15, 0.2) is 0 Å². The van der Waals surface area contributed by atoms with Gasteiger partial charge in [-0.05, 0) is 0 Å². The second-order valence-electron chi connectivity index (χ2n) is 2.27. The molecule has 9 heteroatoms. The summed E-state index contributed by atoms with van der Waals surface area (Å²) in [5.74, 6) is 0.0560. The van der Waals surface area contributed by atoms with Crippen LogP contribution in [0.3, 0.4) is 0 Å². The minimum Gasteiger partial charge on any atom is -0.324 e. The van der Waals surface area contributed by atoms with E-state index in [1.54, 1.807) is 0 Å². The lowest BCUT2D eigenvalue weighted by molar-refractivity contribution is 0.275. The first kappa shape index (κ1) is 13.6. The lowest BCUT2D eigenvalue weighted by atomic mass is 10.9. The highest BCUT2D eigenvalue weighted by Crippen LogP contribution is 2.46. The predicted molar refractivity (Wildman–Crippen MR) is 48.3 cm³/mol. The van der Waals surface area contributed by atoms with Crippen LogP contribution >= 0.6 is 26.8 Å². The molecule has 0 saturated carbocycles. The van der Waals surface area contributed by atoms with Crippen molar-refractivity contribution in [2.24, 2.45) is 0 Å². The van der Waals surface area contributed by atoms with E-state index in [0.29, 0.717) is 0 Å². The van der Waals surface area contributed by atoms with Crippen molar-refractivity contribution in [2.75, 3.05) is 24.8 Å². The third-order valence-corrected chi connectivity index (χ3v) is 3.73. The molecule has 0 aromatic carbocycles. The maximum atomic E-state index is 11.0. The Bertz CT molecular complexity index is 237. The largest absolute Gasteiger partial charge is 0.328 e. The minimum atomic E-state index is -4.24. The molecule has 0 saturated heterocycles. The summed E-state index contributed by atoms with van der Waals surface area (Å²) in [7, 11) is -8.12. The highest BCUT2D eigenvalue weighted by Gasteiger charge is 2.24. The molecule has 0 aliphatic carbocycles. The zero-order valence-corrected chi connectivity index (χ0v) is 9.21. The molecule has 0 bridgehead atoms. The van der Waals surface area contributed by atoms with E-state index in [4.69, 9.17) is 26.3 Å². The van der Waals surface area contributed by atoms with E-state index in [-0.39, 0.29) is 12.5 Å². The Balaban J connectivity index is 3.90. The van der Waals surface area contributed by atoms with Crippen LogP contribution < -0.4 is 0 Å². The highest BCUT2D eigenvalue weighted by molar-refractivity contribution is 7.56. The van der Waals surface area contributed by atoms with Crippen LogP contribution in [0.25, 0.3) is 0 Å². The lowest BCUT2D eigenvalue weighted by Gasteiger charge is -2.11. The predicted octanol–water partition coefficient (Wildman–Crippen LogP) is 0.605. The summed E-state index contributed by atoms with van der Waals surface area (Å²) in [4.78, 5) is 25.7. The molecular formula is C4H11ClO6P2. The maximum Gasteiger partial charge on any atom is 0.328 e. The molecule has 80 valence electrons. The zero-order valence-electron chi connectivity index (χ0n) is 6.67. The summed E-state index contributed by atoms with van der Waals surface area (Å²) < 4.78 is 25.7. The smallest absolute Gasteiger partial charge is 0.324 e. The third kappa shape index (κ3) is 8.91. The summed E-state index contributed by atoms with van der Waals surface area (Å²) in [6.07, 6.45) is -1.22. The van der Waals surface area contributed by atoms with Crippen molar-refractivity contribution in [1.82, 2.24) is 0 Å². The van der Waals surface area contributed by atoms with Gasteiger partial charge >= 0.3 is 15.2 Å². The fourth-order valence-electron chi connectivity index (χ4n) is 0.498. The van der Waals surface area contributed by atoms with Crippen molar-refractivity contribution >= 4 is 26.8 Å². The first-order valence-corrected chi connectivity index (χ1v) is 7.43. The van der Waals surface area contributed by atoms with Gasteiger partial charge in [0.2, 0.25) is 0 Å². The molecule has 13 heavy (non-hydrogen) atoms. The van der Waals surface area contributed by atoms with Gasteiger partial charge in [-0.3, -0.25) is 9.13 Å². The van der Waals surface area contributed by atoms with Crippen LogP contribution in [0, 0.1) is 0 Å². The normalized spacial score (nSPS) is 16.9. The van der Waals surface area contributed by atoms with Crippen molar-refractivity contribution in [3.63, 3.8) is 0 Å². The highest BCUT2D eigenvalue weighted by atomic mass is 35.5. The van der Waals surface area contributed by atoms with E-state index >= 15 is 0 Å². The van der Waals surface area contributed by atoms with Gasteiger partial charge < -0.3 is 19.2 Å². The molecule has 0 spiro atoms. The zero-order chi connectivity index (χ0) is 10.5. The van der Waals surface area contributed by atoms with Crippen molar-refractivity contribution in [3.8, 4) is 0 Å². The molecule has 0 heterocycles. The monoisotopic (exact) mass is 252 g/mol. The molecule has 0 rings (SSSR count). The van der Waals surface area contributed by atoms with Gasteiger partial charge in [0.25, 0.3) is 0 Å². The van der Waals surface area contributed by atoms with Gasteiger partial charge in [-0.25, -0.2) is 0 Å². The number of alkyl halides is 1. The number of hydrogen-bond donors (Lipinski definition) is 3. The van der Waals surface area contributed by atoms with Gasteiger partial charge in [0.15, 0.2) is 0 Å². The number of hydrogen-bond acceptors (Lipinski definition) is 3. The lowest BCUT2D eigenvalue weighted by Crippen LogP contribution is -2.01. The molecule has 0 radical (unpaired) electrons. The van der Waals surface area contributed by atoms with E-state index in [1.807, 2.05) is 0 Å². The van der Waals surface area contributed by atoms with Crippen LogP contribution in [0.5, 0.6) is 0 Å². The number of rotatable bonds is 6. The van der Waals surface area contributed by atoms with E-state index in [0.717, 1.165) is 0 Å². The molecule has 0 aromatic rings. The SMILES string of the molecule is O=P(O)(O)CCP(=O)(O)OCCCl. The molecule has 1 unspecified atom stereocenters. The standard InChI is InChI=1S/C4H11ClO6P2/c5-1-2-11-13(9,10)4-3-12(6,7)8/h1-4H2,(H,9,10)(H2,6,7,8). The summed E-state index contributed by atoms with van der Waals surface area (Å²) >= 11 is 5.19. The second kappa shape index (κ2) is 5.47. The Kier molecular flexibility index (Phi) is 5.71. The molecule has 1 atom stereocenters. The second-order valence-corrected chi connectivity index (χ2v) is 6.41. The average Bonchev–Trinajstić information content (AvgIpc) is 1.97. The van der Waals surface area contributed by atoms with Crippen LogP contribution in [-0.4, -0.2) is 39.5 Å². The van der Waals surface area contributed by atoms with Gasteiger partial charge in [0, 0.05) is 5.88 Å². The van der Waals surface area contributed by atoms with Crippen LogP contribution in [0.2, 0.25) is 0 Å². The van der Waals surface area contributed by atoms with Gasteiger partial charge in [-0.1, -0.05) is 0 Å². The molecule has 6 nitrogen and oxygen atoms in total. The summed E-state index contributed by atoms with van der Waals surface area (Å²) in [5.41, 5.74) is 0. The molecule has 0 amide bonds. The first-order valence-electron chi connectivity index (χ1n) is 3.34. The van der Waals surface area contributed by atoms with E-state index < -0.39 is 27.5 Å². The fourth-order valence-corrected chi connectivity index (χ4v) is 3.24. The van der Waals surface area contributed by atoms with Gasteiger partial charge in [-0.15, -0.1) is 11.6 Å². The Morgan fingerprint density at radius 1 is 1.15 bits per heavy atom. The topological polar surface area (TPSA) is 104 Å². The van der Waals surface area contributed by atoms with E-state index in [1.165, 1.54) is 0 Å². The Morgan fingerprint density at radius 2 is 1.69 bits per heavy atom. The Hall–Kier alpha value is 0.590. The molecular weight excluding hydrogens is 241 g/mol. The fraction of sp³-hybridized carbons (Fsp3) is 1.00. The molecule has 0 aliphatic heterocycles. The summed E-state index contributed by atoms with van der Waals surface area (Å²) in [6.45, 7) is -0.115. The van der Waals surface area contributed by atoms with Gasteiger partial charge in [0.1, 0.15) is 0 Å². The van der Waals surface area contributed by atoms with E-state index in [2.05, 4.69) is 4.52 Å². The van der Waals surface area contributed by atoms with Gasteiger partial charge in [0.05, 0.1) is 18.9 Å². The van der Waals surface area contributed by atoms with Gasteiger partial charge in [-0.2, -0.15) is 0 Å². The third-order valence-electron chi connectivity index (χ3n) is 1.04. The minimum absolute atomic E-state index is 0.0560. The van der Waals surface area contributed by atoms with Crippen LogP contribution in [0.4, 0.5) is 0 Å². The van der Waals surface area contributed by atoms with Crippen LogP contribution in [-0.2, 0) is 13.7 Å². The Morgan fingerprint density at radius 3 is 2.08 bits per heavy atom. The molecule has 3 N–H and O–H groups in total. The van der Waals surface area contributed by atoms with Crippen molar-refractivity contribution in [3.05, 3.63) is 0 Å². The van der Waals surface area contributed by atoms with E-state index in [9.17, 15) is 9.13 Å². The first-order chi connectivity index (χ1) is 5.77. The molecule has 0 fully saturated rings. The Labute approximate surface area is 80.6 Å². The average molecular weight is 253 g/mol. The quantitative estimate of drug-likeness (QED) is 0.472. The van der Waals surface area contributed by atoms with Crippen molar-refractivity contribution in [2.45, 2.75) is 0 Å². The summed E-state index contributed by atoms with van der Waals surface area (Å²) in [6, 6.07) is 0. The van der Waals surface area contributed by atoms with Crippen molar-refractivity contribution in [1.29, 1.82) is 0 Å². The van der Waals surface area contributed by atoms with Crippen LogP contribution in [0.1, 0.15) is 0 Å². The number of halogens is 1.